The van der Waals surface area contributed by atoms with E-state index in [0.29, 0.717) is 0 Å². The number of hydrogen-bond acceptors (Lipinski definition) is 2. The van der Waals surface area contributed by atoms with Crippen LogP contribution >= 0.6 is 0 Å². The second kappa shape index (κ2) is 9.06. The summed E-state index contributed by atoms with van der Waals surface area (Å²) >= 11 is 0. The van der Waals surface area contributed by atoms with Gasteiger partial charge in [-0.2, -0.15) is 0 Å². The molecule has 0 fully saturated rings. The second-order valence-electron chi connectivity index (χ2n) is 4.90. The Kier molecular flexibility index (Phi) is 7.62. The molecule has 0 radical (unpaired) electrons. The predicted octanol–water partition coefficient (Wildman–Crippen LogP) is 3.56. The van der Waals surface area contributed by atoms with E-state index < -0.39 is 0 Å². The van der Waals surface area contributed by atoms with Crippen LogP contribution < -0.4 is 11.3 Å². The van der Waals surface area contributed by atoms with Crippen LogP contribution in [-0.2, 0) is 6.42 Å². The maximum atomic E-state index is 12.8. The van der Waals surface area contributed by atoms with Crippen molar-refractivity contribution in [3.05, 3.63) is 35.6 Å². The average molecular weight is 252 g/mol. The fraction of sp³-hybridized carbons (Fsp3) is 0.600. The van der Waals surface area contributed by atoms with Crippen LogP contribution in [0.2, 0.25) is 0 Å². The lowest BCUT2D eigenvalue weighted by atomic mass is 10.0. The Morgan fingerprint density at radius 3 is 2.39 bits per heavy atom. The van der Waals surface area contributed by atoms with Gasteiger partial charge in [-0.05, 0) is 30.5 Å². The SMILES string of the molecule is CCCCCCCC(Cc1ccc(F)cc1)NN. The van der Waals surface area contributed by atoms with Crippen molar-refractivity contribution in [2.24, 2.45) is 5.84 Å². The summed E-state index contributed by atoms with van der Waals surface area (Å²) in [4.78, 5) is 0. The Labute approximate surface area is 110 Å². The van der Waals surface area contributed by atoms with E-state index in [1.165, 1.54) is 44.2 Å². The smallest absolute Gasteiger partial charge is 0.123 e. The molecule has 0 saturated carbocycles. The molecule has 2 nitrogen and oxygen atoms in total. The van der Waals surface area contributed by atoms with Gasteiger partial charge in [0.25, 0.3) is 0 Å². The van der Waals surface area contributed by atoms with E-state index in [1.54, 1.807) is 0 Å². The summed E-state index contributed by atoms with van der Waals surface area (Å²) in [5.41, 5.74) is 3.99. The van der Waals surface area contributed by atoms with Crippen LogP contribution in [0.15, 0.2) is 24.3 Å². The van der Waals surface area contributed by atoms with Crippen LogP contribution in [0.4, 0.5) is 4.39 Å². The fourth-order valence-corrected chi connectivity index (χ4v) is 2.14. The molecule has 18 heavy (non-hydrogen) atoms. The summed E-state index contributed by atoms with van der Waals surface area (Å²) in [5.74, 6) is 5.38. The topological polar surface area (TPSA) is 38.0 Å². The lowest BCUT2D eigenvalue weighted by Gasteiger charge is -2.15. The van der Waals surface area contributed by atoms with E-state index in [9.17, 15) is 4.39 Å². The molecule has 0 amide bonds. The third-order valence-electron chi connectivity index (χ3n) is 3.29. The average Bonchev–Trinajstić information content (AvgIpc) is 2.39. The van der Waals surface area contributed by atoms with Crippen LogP contribution in [0.1, 0.15) is 51.0 Å². The molecule has 1 unspecified atom stereocenters. The van der Waals surface area contributed by atoms with Gasteiger partial charge in [-0.3, -0.25) is 11.3 Å². The van der Waals surface area contributed by atoms with Gasteiger partial charge in [0.1, 0.15) is 5.82 Å². The highest BCUT2D eigenvalue weighted by Crippen LogP contribution is 2.11. The molecule has 0 bridgehead atoms. The van der Waals surface area contributed by atoms with E-state index in [0.717, 1.165) is 18.4 Å². The second-order valence-corrected chi connectivity index (χ2v) is 4.90. The predicted molar refractivity (Wildman–Crippen MR) is 74.6 cm³/mol. The number of rotatable bonds is 9. The molecule has 0 saturated heterocycles. The van der Waals surface area contributed by atoms with Crippen LogP contribution in [0.5, 0.6) is 0 Å². The van der Waals surface area contributed by atoms with Crippen molar-refractivity contribution in [1.29, 1.82) is 0 Å². The first-order chi connectivity index (χ1) is 8.76. The molecule has 1 atom stereocenters. The van der Waals surface area contributed by atoms with Crippen molar-refractivity contribution in [2.45, 2.75) is 57.9 Å². The summed E-state index contributed by atoms with van der Waals surface area (Å²) in [7, 11) is 0. The van der Waals surface area contributed by atoms with Crippen molar-refractivity contribution in [1.82, 2.24) is 5.43 Å². The Morgan fingerprint density at radius 2 is 1.78 bits per heavy atom. The van der Waals surface area contributed by atoms with Crippen molar-refractivity contribution in [2.75, 3.05) is 0 Å². The molecule has 0 aliphatic carbocycles. The van der Waals surface area contributed by atoms with E-state index in [-0.39, 0.29) is 11.9 Å². The molecule has 0 aliphatic heterocycles. The number of nitrogens with one attached hydrogen (secondary N) is 1. The first kappa shape index (κ1) is 15.1. The number of benzene rings is 1. The van der Waals surface area contributed by atoms with Gasteiger partial charge in [-0.25, -0.2) is 4.39 Å². The van der Waals surface area contributed by atoms with Gasteiger partial charge in [0.2, 0.25) is 0 Å². The van der Waals surface area contributed by atoms with Crippen LogP contribution in [0, 0.1) is 5.82 Å². The molecule has 0 aromatic heterocycles. The lowest BCUT2D eigenvalue weighted by Crippen LogP contribution is -2.36. The van der Waals surface area contributed by atoms with E-state index in [4.69, 9.17) is 5.84 Å². The molecule has 3 heteroatoms. The number of hydrogen-bond donors (Lipinski definition) is 2. The molecule has 102 valence electrons. The molecule has 0 spiro atoms. The molecule has 0 heterocycles. The molecule has 1 aromatic carbocycles. The maximum Gasteiger partial charge on any atom is 0.123 e. The van der Waals surface area contributed by atoms with Gasteiger partial charge in [0.05, 0.1) is 0 Å². The minimum absolute atomic E-state index is 0.185. The molecule has 1 rings (SSSR count). The fourth-order valence-electron chi connectivity index (χ4n) is 2.14. The summed E-state index contributed by atoms with van der Waals surface area (Å²) in [6, 6.07) is 6.96. The highest BCUT2D eigenvalue weighted by atomic mass is 19.1. The van der Waals surface area contributed by atoms with Gasteiger partial charge in [-0.1, -0.05) is 51.2 Å². The van der Waals surface area contributed by atoms with E-state index >= 15 is 0 Å². The zero-order chi connectivity index (χ0) is 13.2. The van der Waals surface area contributed by atoms with Crippen molar-refractivity contribution >= 4 is 0 Å². The molecule has 1 aromatic rings. The van der Waals surface area contributed by atoms with Crippen molar-refractivity contribution in [3.8, 4) is 0 Å². The highest BCUT2D eigenvalue weighted by Gasteiger charge is 2.07. The number of unbranched alkanes of at least 4 members (excludes halogenated alkanes) is 4. The Balaban J connectivity index is 2.26. The standard InChI is InChI=1S/C15H25FN2/c1-2-3-4-5-6-7-15(18-17)12-13-8-10-14(16)11-9-13/h8-11,15,18H,2-7,12,17H2,1H3. The van der Waals surface area contributed by atoms with Gasteiger partial charge in [0.15, 0.2) is 0 Å². The van der Waals surface area contributed by atoms with E-state index in [2.05, 4.69) is 12.3 Å². The molecule has 3 N–H and O–H groups in total. The lowest BCUT2D eigenvalue weighted by molar-refractivity contribution is 0.460. The monoisotopic (exact) mass is 252 g/mol. The summed E-state index contributed by atoms with van der Waals surface area (Å²) < 4.78 is 12.8. The Hall–Kier alpha value is -0.930. The largest absolute Gasteiger partial charge is 0.271 e. The quantitative estimate of drug-likeness (QED) is 0.400. The van der Waals surface area contributed by atoms with Crippen LogP contribution in [0.25, 0.3) is 0 Å². The summed E-state index contributed by atoms with van der Waals surface area (Å²) in [6.07, 6.45) is 8.32. The van der Waals surface area contributed by atoms with Crippen molar-refractivity contribution in [3.63, 3.8) is 0 Å². The van der Waals surface area contributed by atoms with Gasteiger partial charge in [-0.15, -0.1) is 0 Å². The Morgan fingerprint density at radius 1 is 1.11 bits per heavy atom. The maximum absolute atomic E-state index is 12.8. The zero-order valence-electron chi connectivity index (χ0n) is 11.3. The van der Waals surface area contributed by atoms with Crippen LogP contribution in [0.3, 0.4) is 0 Å². The zero-order valence-corrected chi connectivity index (χ0v) is 11.3. The third kappa shape index (κ3) is 6.12. The first-order valence-corrected chi connectivity index (χ1v) is 6.96. The first-order valence-electron chi connectivity index (χ1n) is 6.96. The van der Waals surface area contributed by atoms with E-state index in [1.807, 2.05) is 12.1 Å². The highest BCUT2D eigenvalue weighted by molar-refractivity contribution is 5.17. The van der Waals surface area contributed by atoms with Crippen LogP contribution in [-0.4, -0.2) is 6.04 Å². The molecular weight excluding hydrogens is 227 g/mol. The van der Waals surface area contributed by atoms with Gasteiger partial charge in [0, 0.05) is 6.04 Å². The summed E-state index contributed by atoms with van der Waals surface area (Å²) in [5, 5.41) is 0. The third-order valence-corrected chi connectivity index (χ3v) is 3.29. The minimum atomic E-state index is -0.185. The van der Waals surface area contributed by atoms with Crippen molar-refractivity contribution < 1.29 is 4.39 Å². The number of halogens is 1. The summed E-state index contributed by atoms with van der Waals surface area (Å²) in [6.45, 7) is 2.22. The molecular formula is C15H25FN2. The number of hydrazine groups is 1. The van der Waals surface area contributed by atoms with Gasteiger partial charge < -0.3 is 0 Å². The normalized spacial score (nSPS) is 12.6. The molecule has 0 aliphatic rings. The van der Waals surface area contributed by atoms with Gasteiger partial charge >= 0.3 is 0 Å². The Bertz CT molecular complexity index is 311. The number of nitrogens with two attached hydrogens (primary N) is 1. The minimum Gasteiger partial charge on any atom is -0.271 e.